The van der Waals surface area contributed by atoms with Crippen molar-refractivity contribution < 1.29 is 14.5 Å². The molecule has 0 aromatic heterocycles. The molecule has 6 heteroatoms. The summed E-state index contributed by atoms with van der Waals surface area (Å²) in [6.45, 7) is 0.0213. The Morgan fingerprint density at radius 1 is 1.23 bits per heavy atom. The number of hydrogen-bond acceptors (Lipinski definition) is 4. The van der Waals surface area contributed by atoms with E-state index in [-0.39, 0.29) is 22.9 Å². The van der Waals surface area contributed by atoms with Crippen LogP contribution < -0.4 is 0 Å². The fraction of sp³-hybridized carbons (Fsp3) is 0.0625. The summed E-state index contributed by atoms with van der Waals surface area (Å²) in [5.74, 6) is -0.763. The van der Waals surface area contributed by atoms with Gasteiger partial charge in [0.15, 0.2) is 0 Å². The molecule has 0 aliphatic heterocycles. The zero-order valence-corrected chi connectivity index (χ0v) is 12.2. The highest BCUT2D eigenvalue weighted by Gasteiger charge is 2.21. The van der Waals surface area contributed by atoms with Crippen molar-refractivity contribution in [1.82, 2.24) is 0 Å². The number of benzene rings is 2. The Bertz CT molecular complexity index is 713. The van der Waals surface area contributed by atoms with Crippen molar-refractivity contribution in [2.75, 3.05) is 6.61 Å². The van der Waals surface area contributed by atoms with E-state index in [2.05, 4.69) is 0 Å². The molecule has 0 atom stereocenters. The minimum atomic E-state index is -0.763. The lowest BCUT2D eigenvalue weighted by atomic mass is 10.2. The lowest BCUT2D eigenvalue weighted by molar-refractivity contribution is -0.385. The van der Waals surface area contributed by atoms with E-state index in [4.69, 9.17) is 16.3 Å². The maximum Gasteiger partial charge on any atom is 0.345 e. The van der Waals surface area contributed by atoms with Gasteiger partial charge in [-0.05, 0) is 23.8 Å². The van der Waals surface area contributed by atoms with Crippen LogP contribution in [0.4, 0.5) is 5.69 Å². The van der Waals surface area contributed by atoms with Crippen LogP contribution in [0, 0.1) is 10.1 Å². The Kier molecular flexibility index (Phi) is 5.27. The third-order valence-corrected chi connectivity index (χ3v) is 3.03. The number of nitrogens with zero attached hydrogens (tertiary/aromatic N) is 1. The first kappa shape index (κ1) is 15.7. The maximum absolute atomic E-state index is 11.9. The first-order valence-corrected chi connectivity index (χ1v) is 6.78. The Hall–Kier alpha value is -2.66. The Morgan fingerprint density at radius 2 is 1.95 bits per heavy atom. The molecule has 2 aromatic rings. The van der Waals surface area contributed by atoms with Gasteiger partial charge in [0.1, 0.15) is 12.2 Å². The molecule has 2 rings (SSSR count). The van der Waals surface area contributed by atoms with Gasteiger partial charge < -0.3 is 4.74 Å². The van der Waals surface area contributed by atoms with E-state index in [1.807, 2.05) is 30.3 Å². The van der Waals surface area contributed by atoms with E-state index in [1.165, 1.54) is 12.1 Å². The molecule has 0 bridgehead atoms. The van der Waals surface area contributed by atoms with Crippen LogP contribution in [0.3, 0.4) is 0 Å². The van der Waals surface area contributed by atoms with Gasteiger partial charge in [-0.15, -0.1) is 0 Å². The van der Waals surface area contributed by atoms with Gasteiger partial charge in [0.25, 0.3) is 5.69 Å². The van der Waals surface area contributed by atoms with Crippen molar-refractivity contribution in [3.8, 4) is 0 Å². The Labute approximate surface area is 131 Å². The number of nitro groups is 1. The molecule has 0 unspecified atom stereocenters. The van der Waals surface area contributed by atoms with Crippen molar-refractivity contribution in [3.05, 3.63) is 80.9 Å². The summed E-state index contributed by atoms with van der Waals surface area (Å²) in [7, 11) is 0. The summed E-state index contributed by atoms with van der Waals surface area (Å²) >= 11 is 5.69. The average molecular weight is 318 g/mol. The number of esters is 1. The number of halogens is 1. The Balaban J connectivity index is 2.01. The predicted molar refractivity (Wildman–Crippen MR) is 83.9 cm³/mol. The molecular weight excluding hydrogens is 306 g/mol. The van der Waals surface area contributed by atoms with Crippen LogP contribution in [0.1, 0.15) is 15.9 Å². The smallest absolute Gasteiger partial charge is 0.345 e. The molecule has 5 nitrogen and oxygen atoms in total. The third-order valence-electron chi connectivity index (χ3n) is 2.80. The minimum Gasteiger partial charge on any atom is -0.458 e. The highest BCUT2D eigenvalue weighted by molar-refractivity contribution is 6.31. The van der Waals surface area contributed by atoms with Gasteiger partial charge in [-0.1, -0.05) is 48.0 Å². The number of carbonyl (C=O) groups is 1. The van der Waals surface area contributed by atoms with Crippen LogP contribution in [-0.4, -0.2) is 17.5 Å². The van der Waals surface area contributed by atoms with Crippen molar-refractivity contribution in [2.24, 2.45) is 0 Å². The van der Waals surface area contributed by atoms with Crippen LogP contribution in [0.2, 0.25) is 5.02 Å². The summed E-state index contributed by atoms with van der Waals surface area (Å²) in [6.07, 6.45) is 3.46. The molecule has 22 heavy (non-hydrogen) atoms. The largest absolute Gasteiger partial charge is 0.458 e. The first-order valence-electron chi connectivity index (χ1n) is 6.40. The summed E-state index contributed by atoms with van der Waals surface area (Å²) in [5, 5.41) is 11.1. The SMILES string of the molecule is O=C(OC/C=C/c1ccccc1)c1ccc(Cl)cc1[N+](=O)[O-]. The number of nitro benzene ring substituents is 1. The highest BCUT2D eigenvalue weighted by Crippen LogP contribution is 2.23. The minimum absolute atomic E-state index is 0.0213. The topological polar surface area (TPSA) is 69.4 Å². The van der Waals surface area contributed by atoms with E-state index in [1.54, 1.807) is 12.2 Å². The van der Waals surface area contributed by atoms with E-state index in [0.717, 1.165) is 11.6 Å². The standard InChI is InChI=1S/C16H12ClNO4/c17-13-8-9-14(15(11-13)18(20)21)16(19)22-10-4-7-12-5-2-1-3-6-12/h1-9,11H,10H2/b7-4+. The van der Waals surface area contributed by atoms with Crippen LogP contribution >= 0.6 is 11.6 Å². The lowest BCUT2D eigenvalue weighted by Crippen LogP contribution is -2.08. The second-order valence-electron chi connectivity index (χ2n) is 4.33. The van der Waals surface area contributed by atoms with Crippen molar-refractivity contribution in [1.29, 1.82) is 0 Å². The second-order valence-corrected chi connectivity index (χ2v) is 4.77. The van der Waals surface area contributed by atoms with E-state index in [0.29, 0.717) is 0 Å². The fourth-order valence-corrected chi connectivity index (χ4v) is 1.94. The summed E-state index contributed by atoms with van der Waals surface area (Å²) < 4.78 is 5.01. The van der Waals surface area contributed by atoms with Gasteiger partial charge >= 0.3 is 5.97 Å². The zero-order valence-electron chi connectivity index (χ0n) is 11.4. The molecule has 0 radical (unpaired) electrons. The molecule has 0 aliphatic carbocycles. The van der Waals surface area contributed by atoms with Crippen LogP contribution in [-0.2, 0) is 4.74 Å². The monoisotopic (exact) mass is 317 g/mol. The highest BCUT2D eigenvalue weighted by atomic mass is 35.5. The molecule has 0 spiro atoms. The molecule has 0 saturated carbocycles. The number of hydrogen-bond donors (Lipinski definition) is 0. The van der Waals surface area contributed by atoms with E-state index >= 15 is 0 Å². The maximum atomic E-state index is 11.9. The summed E-state index contributed by atoms with van der Waals surface area (Å²) in [4.78, 5) is 22.1. The van der Waals surface area contributed by atoms with Crippen LogP contribution in [0.5, 0.6) is 0 Å². The van der Waals surface area contributed by atoms with Crippen LogP contribution in [0.15, 0.2) is 54.6 Å². The van der Waals surface area contributed by atoms with E-state index < -0.39 is 10.9 Å². The zero-order chi connectivity index (χ0) is 15.9. The number of rotatable bonds is 5. The molecule has 2 aromatic carbocycles. The summed E-state index contributed by atoms with van der Waals surface area (Å²) in [6, 6.07) is 13.3. The lowest BCUT2D eigenvalue weighted by Gasteiger charge is -2.03. The van der Waals surface area contributed by atoms with Gasteiger partial charge in [0.2, 0.25) is 0 Å². The quantitative estimate of drug-likeness (QED) is 0.472. The second kappa shape index (κ2) is 7.38. The predicted octanol–water partition coefficient (Wildman–Crippen LogP) is 4.12. The molecule has 112 valence electrons. The molecule has 0 N–H and O–H groups in total. The van der Waals surface area contributed by atoms with Gasteiger partial charge in [0, 0.05) is 11.1 Å². The summed E-state index contributed by atoms with van der Waals surface area (Å²) in [5.41, 5.74) is 0.475. The average Bonchev–Trinajstić information content (AvgIpc) is 2.52. The van der Waals surface area contributed by atoms with Gasteiger partial charge in [0.05, 0.1) is 4.92 Å². The van der Waals surface area contributed by atoms with Gasteiger partial charge in [-0.3, -0.25) is 10.1 Å². The molecule has 0 heterocycles. The van der Waals surface area contributed by atoms with Crippen molar-refractivity contribution >= 4 is 29.3 Å². The first-order chi connectivity index (χ1) is 10.6. The number of carbonyl (C=O) groups excluding carboxylic acids is 1. The van der Waals surface area contributed by atoms with Gasteiger partial charge in [-0.25, -0.2) is 4.79 Å². The third kappa shape index (κ3) is 4.17. The molecular formula is C16H12ClNO4. The molecule has 0 amide bonds. The normalized spacial score (nSPS) is 10.6. The van der Waals surface area contributed by atoms with E-state index in [9.17, 15) is 14.9 Å². The Morgan fingerprint density at radius 3 is 2.64 bits per heavy atom. The number of ether oxygens (including phenoxy) is 1. The van der Waals surface area contributed by atoms with Crippen molar-refractivity contribution in [2.45, 2.75) is 0 Å². The molecule has 0 saturated heterocycles. The fourth-order valence-electron chi connectivity index (χ4n) is 1.78. The van der Waals surface area contributed by atoms with Crippen LogP contribution in [0.25, 0.3) is 6.08 Å². The van der Waals surface area contributed by atoms with Crippen molar-refractivity contribution in [3.63, 3.8) is 0 Å². The molecule has 0 fully saturated rings. The van der Waals surface area contributed by atoms with Gasteiger partial charge in [-0.2, -0.15) is 0 Å². The molecule has 0 aliphatic rings.